The fraction of sp³-hybridized carbons (Fsp3) is 0.455. The van der Waals surface area contributed by atoms with Crippen molar-refractivity contribution in [2.75, 3.05) is 46.3 Å². The van der Waals surface area contributed by atoms with Crippen molar-refractivity contribution in [3.05, 3.63) is 59.9 Å². The Morgan fingerprint density at radius 1 is 1.10 bits per heavy atom. The topological polar surface area (TPSA) is 80.1 Å². The van der Waals surface area contributed by atoms with E-state index in [0.717, 1.165) is 31.7 Å². The molecule has 2 fully saturated rings. The molecule has 3 heterocycles. The maximum Gasteiger partial charge on any atom is 0.255 e. The Labute approximate surface area is 171 Å². The first-order chi connectivity index (χ1) is 14.0. The van der Waals surface area contributed by atoms with Crippen LogP contribution in [0.1, 0.15) is 22.3 Å². The first-order valence-corrected chi connectivity index (χ1v) is 10.1. The highest BCUT2D eigenvalue weighted by Gasteiger charge is 2.47. The molecule has 7 nitrogen and oxygen atoms in total. The lowest BCUT2D eigenvalue weighted by Gasteiger charge is -2.51. The molecule has 2 aliphatic heterocycles. The van der Waals surface area contributed by atoms with E-state index < -0.39 is 5.60 Å². The summed E-state index contributed by atoms with van der Waals surface area (Å²) in [4.78, 5) is 23.3. The predicted molar refractivity (Wildman–Crippen MR) is 110 cm³/mol. The lowest BCUT2D eigenvalue weighted by Crippen LogP contribution is -2.64. The van der Waals surface area contributed by atoms with Crippen LogP contribution in [0.25, 0.3) is 0 Å². The predicted octanol–water partition coefficient (Wildman–Crippen LogP) is 1.14. The van der Waals surface area contributed by atoms with Crippen LogP contribution < -0.4 is 0 Å². The van der Waals surface area contributed by atoms with E-state index in [-0.39, 0.29) is 17.7 Å². The van der Waals surface area contributed by atoms with Gasteiger partial charge in [-0.25, -0.2) is 0 Å². The van der Waals surface area contributed by atoms with Gasteiger partial charge in [0.05, 0.1) is 17.8 Å². The number of aromatic hydroxyl groups is 1. The summed E-state index contributed by atoms with van der Waals surface area (Å²) in [6, 6.07) is 11.0. The number of hydrogen-bond donors (Lipinski definition) is 2. The number of rotatable bonds is 3. The molecule has 1 amide bonds. The van der Waals surface area contributed by atoms with E-state index in [4.69, 9.17) is 0 Å². The number of carbonyl (C=O) groups excluding carboxylic acids is 1. The lowest BCUT2D eigenvalue weighted by molar-refractivity contribution is -0.101. The molecule has 0 saturated carbocycles. The number of pyridine rings is 1. The van der Waals surface area contributed by atoms with E-state index in [1.165, 1.54) is 18.5 Å². The highest BCUT2D eigenvalue weighted by molar-refractivity contribution is 5.94. The third-order valence-corrected chi connectivity index (χ3v) is 6.22. The lowest BCUT2D eigenvalue weighted by atomic mass is 9.79. The molecule has 154 valence electrons. The van der Waals surface area contributed by atoms with Crippen LogP contribution in [0.4, 0.5) is 0 Å². The second-order valence-corrected chi connectivity index (χ2v) is 8.08. The van der Waals surface area contributed by atoms with Crippen molar-refractivity contribution in [1.29, 1.82) is 0 Å². The van der Waals surface area contributed by atoms with Gasteiger partial charge in [-0.2, -0.15) is 0 Å². The second kappa shape index (κ2) is 8.10. The first-order valence-electron chi connectivity index (χ1n) is 10.1. The minimum atomic E-state index is -1.01. The summed E-state index contributed by atoms with van der Waals surface area (Å²) in [5.74, 6) is -0.188. The molecule has 1 aromatic carbocycles. The zero-order chi connectivity index (χ0) is 20.4. The number of aromatic nitrogens is 1. The fourth-order valence-electron chi connectivity index (χ4n) is 4.45. The van der Waals surface area contributed by atoms with Crippen LogP contribution in [0.15, 0.2) is 48.8 Å². The minimum absolute atomic E-state index is 0.0238. The van der Waals surface area contributed by atoms with Gasteiger partial charge in [-0.1, -0.05) is 30.3 Å². The molecule has 2 aromatic rings. The number of amides is 1. The van der Waals surface area contributed by atoms with Crippen molar-refractivity contribution in [3.63, 3.8) is 0 Å². The Morgan fingerprint density at radius 3 is 2.52 bits per heavy atom. The molecule has 4 rings (SSSR count). The van der Waals surface area contributed by atoms with E-state index in [0.29, 0.717) is 25.1 Å². The molecule has 0 spiro atoms. The molecule has 0 radical (unpaired) electrons. The third kappa shape index (κ3) is 3.99. The Hall–Kier alpha value is -2.48. The van der Waals surface area contributed by atoms with Crippen LogP contribution >= 0.6 is 0 Å². The van der Waals surface area contributed by atoms with E-state index >= 15 is 0 Å². The van der Waals surface area contributed by atoms with Gasteiger partial charge < -0.3 is 20.0 Å². The zero-order valence-corrected chi connectivity index (χ0v) is 16.7. The SMILES string of the molecule is CN1CCN([C@@H]2CN(C(=O)c3cncc(O)c3)CC[C@]2(O)c2ccccc2)CC1. The number of nitrogens with zero attached hydrogens (tertiary/aromatic N) is 4. The number of aliphatic hydroxyl groups is 1. The second-order valence-electron chi connectivity index (χ2n) is 8.08. The van der Waals surface area contributed by atoms with Crippen molar-refractivity contribution in [2.45, 2.75) is 18.1 Å². The van der Waals surface area contributed by atoms with E-state index in [2.05, 4.69) is 21.8 Å². The molecular formula is C22H28N4O3. The number of likely N-dealkylation sites (N-methyl/N-ethyl adjacent to an activating group) is 1. The van der Waals surface area contributed by atoms with Gasteiger partial charge in [-0.05, 0) is 25.1 Å². The van der Waals surface area contributed by atoms with Gasteiger partial charge in [0.15, 0.2) is 0 Å². The van der Waals surface area contributed by atoms with Crippen LogP contribution in [0.5, 0.6) is 5.75 Å². The smallest absolute Gasteiger partial charge is 0.255 e. The maximum atomic E-state index is 13.0. The number of piperazine rings is 1. The van der Waals surface area contributed by atoms with Gasteiger partial charge in [-0.3, -0.25) is 14.7 Å². The molecular weight excluding hydrogens is 368 g/mol. The molecule has 2 aliphatic rings. The molecule has 7 heteroatoms. The number of likely N-dealkylation sites (tertiary alicyclic amines) is 1. The van der Waals surface area contributed by atoms with Gasteiger partial charge in [0.1, 0.15) is 11.4 Å². The summed E-state index contributed by atoms with van der Waals surface area (Å²) in [6.07, 6.45) is 3.26. The largest absolute Gasteiger partial charge is 0.506 e. The molecule has 1 aromatic heterocycles. The molecule has 2 atom stereocenters. The normalized spacial score (nSPS) is 26.4. The zero-order valence-electron chi connectivity index (χ0n) is 16.7. The number of benzene rings is 1. The van der Waals surface area contributed by atoms with E-state index in [9.17, 15) is 15.0 Å². The van der Waals surface area contributed by atoms with Crippen LogP contribution in [0.2, 0.25) is 0 Å². The summed E-state index contributed by atoms with van der Waals surface area (Å²) < 4.78 is 0. The monoisotopic (exact) mass is 396 g/mol. The van der Waals surface area contributed by atoms with Crippen LogP contribution in [0.3, 0.4) is 0 Å². The Bertz CT molecular complexity index is 854. The summed E-state index contributed by atoms with van der Waals surface area (Å²) in [5.41, 5.74) is 0.257. The number of carbonyl (C=O) groups is 1. The summed E-state index contributed by atoms with van der Waals surface area (Å²) in [6.45, 7) is 4.46. The molecule has 0 unspecified atom stereocenters. The van der Waals surface area contributed by atoms with Gasteiger partial charge in [0.25, 0.3) is 5.91 Å². The third-order valence-electron chi connectivity index (χ3n) is 6.22. The molecule has 2 N–H and O–H groups in total. The van der Waals surface area contributed by atoms with Crippen LogP contribution in [-0.4, -0.2) is 88.2 Å². The van der Waals surface area contributed by atoms with Crippen molar-refractivity contribution >= 4 is 5.91 Å². The van der Waals surface area contributed by atoms with Crippen molar-refractivity contribution in [2.24, 2.45) is 0 Å². The van der Waals surface area contributed by atoms with Gasteiger partial charge >= 0.3 is 0 Å². The summed E-state index contributed by atoms with van der Waals surface area (Å²) >= 11 is 0. The Kier molecular flexibility index (Phi) is 5.54. The summed E-state index contributed by atoms with van der Waals surface area (Å²) in [7, 11) is 2.10. The van der Waals surface area contributed by atoms with Crippen molar-refractivity contribution in [1.82, 2.24) is 19.7 Å². The fourth-order valence-corrected chi connectivity index (χ4v) is 4.45. The Morgan fingerprint density at radius 2 is 1.83 bits per heavy atom. The number of piperidine rings is 1. The number of hydrogen-bond acceptors (Lipinski definition) is 6. The summed E-state index contributed by atoms with van der Waals surface area (Å²) in [5, 5.41) is 21.5. The van der Waals surface area contributed by atoms with E-state index in [1.807, 2.05) is 30.3 Å². The standard InChI is InChI=1S/C22H28N4O3/c1-24-9-11-25(12-10-24)20-16-26(21(28)17-13-19(27)15-23-14-17)8-7-22(20,29)18-5-3-2-4-6-18/h2-6,13-15,20,27,29H,7-12,16H2,1H3/t20-,22+/m1/s1. The molecule has 2 saturated heterocycles. The van der Waals surface area contributed by atoms with Crippen molar-refractivity contribution < 1.29 is 15.0 Å². The first kappa shape index (κ1) is 19.8. The van der Waals surface area contributed by atoms with Gasteiger partial charge in [0, 0.05) is 45.5 Å². The molecule has 0 bridgehead atoms. The van der Waals surface area contributed by atoms with Crippen LogP contribution in [-0.2, 0) is 5.60 Å². The van der Waals surface area contributed by atoms with Gasteiger partial charge in [-0.15, -0.1) is 0 Å². The van der Waals surface area contributed by atoms with Crippen LogP contribution in [0, 0.1) is 0 Å². The van der Waals surface area contributed by atoms with Gasteiger partial charge in [0.2, 0.25) is 0 Å². The average Bonchev–Trinajstić information content (AvgIpc) is 2.75. The Balaban J connectivity index is 1.62. The highest BCUT2D eigenvalue weighted by Crippen LogP contribution is 2.37. The maximum absolute atomic E-state index is 13.0. The average molecular weight is 396 g/mol. The quantitative estimate of drug-likeness (QED) is 0.810. The molecule has 29 heavy (non-hydrogen) atoms. The van der Waals surface area contributed by atoms with Crippen molar-refractivity contribution in [3.8, 4) is 5.75 Å². The van der Waals surface area contributed by atoms with E-state index in [1.54, 1.807) is 4.90 Å². The minimum Gasteiger partial charge on any atom is -0.506 e. The molecule has 0 aliphatic carbocycles. The highest BCUT2D eigenvalue weighted by atomic mass is 16.3.